The van der Waals surface area contributed by atoms with Gasteiger partial charge in [-0.3, -0.25) is 15.1 Å². The molecule has 2 atom stereocenters. The first kappa shape index (κ1) is 14.6. The molecule has 0 aliphatic heterocycles. The number of rotatable bonds is 7. The quantitative estimate of drug-likeness (QED) is 0.727. The molecule has 0 saturated heterocycles. The molecule has 2 unspecified atom stereocenters. The van der Waals surface area contributed by atoms with Gasteiger partial charge in [-0.2, -0.15) is 0 Å². The molecule has 1 heterocycles. The molecule has 0 aromatic carbocycles. The van der Waals surface area contributed by atoms with Crippen LogP contribution in [-0.4, -0.2) is 23.5 Å². The van der Waals surface area contributed by atoms with Crippen molar-refractivity contribution in [3.8, 4) is 0 Å². The average Bonchev–Trinajstić information content (AvgIpc) is 2.39. The minimum absolute atomic E-state index is 0.0548. The Balaban J connectivity index is 2.39. The van der Waals surface area contributed by atoms with Crippen molar-refractivity contribution in [3.63, 3.8) is 0 Å². The van der Waals surface area contributed by atoms with Gasteiger partial charge in [0.15, 0.2) is 0 Å². The van der Waals surface area contributed by atoms with E-state index in [1.165, 1.54) is 0 Å². The average molecular weight is 249 g/mol. The summed E-state index contributed by atoms with van der Waals surface area (Å²) in [6.07, 6.45) is 5.68. The predicted octanol–water partition coefficient (Wildman–Crippen LogP) is 2.04. The number of carbonyl (C=O) groups excluding carboxylic acids is 1. The van der Waals surface area contributed by atoms with Crippen molar-refractivity contribution < 1.29 is 4.79 Å². The zero-order valence-electron chi connectivity index (χ0n) is 11.4. The van der Waals surface area contributed by atoms with Gasteiger partial charge in [-0.25, -0.2) is 0 Å². The first-order valence-corrected chi connectivity index (χ1v) is 6.58. The zero-order chi connectivity index (χ0) is 13.4. The molecule has 0 radical (unpaired) electrons. The number of nitrogens with zero attached hydrogens (tertiary/aromatic N) is 1. The van der Waals surface area contributed by atoms with Crippen LogP contribution in [0.1, 0.15) is 45.2 Å². The first-order valence-electron chi connectivity index (χ1n) is 6.58. The monoisotopic (exact) mass is 249 g/mol. The lowest BCUT2D eigenvalue weighted by atomic mass is 10.1. The van der Waals surface area contributed by atoms with Crippen molar-refractivity contribution in [2.75, 3.05) is 6.54 Å². The van der Waals surface area contributed by atoms with Crippen LogP contribution in [0, 0.1) is 0 Å². The summed E-state index contributed by atoms with van der Waals surface area (Å²) in [5.74, 6) is 0.0548. The fourth-order valence-corrected chi connectivity index (χ4v) is 1.72. The van der Waals surface area contributed by atoms with Gasteiger partial charge in [0.05, 0.1) is 6.04 Å². The Morgan fingerprint density at radius 3 is 2.83 bits per heavy atom. The van der Waals surface area contributed by atoms with Gasteiger partial charge >= 0.3 is 0 Å². The molecule has 1 aromatic heterocycles. The molecule has 0 aliphatic carbocycles. The molecule has 4 heteroatoms. The normalized spacial score (nSPS) is 13.9. The summed E-state index contributed by atoms with van der Waals surface area (Å²) in [5, 5.41) is 6.19. The topological polar surface area (TPSA) is 54.0 Å². The summed E-state index contributed by atoms with van der Waals surface area (Å²) in [4.78, 5) is 15.9. The number of hydrogen-bond donors (Lipinski definition) is 2. The van der Waals surface area contributed by atoms with E-state index in [9.17, 15) is 4.79 Å². The second kappa shape index (κ2) is 7.82. The van der Waals surface area contributed by atoms with Crippen molar-refractivity contribution in [1.82, 2.24) is 15.6 Å². The number of pyridine rings is 1. The van der Waals surface area contributed by atoms with Crippen molar-refractivity contribution in [3.05, 3.63) is 30.1 Å². The van der Waals surface area contributed by atoms with Crippen molar-refractivity contribution >= 4 is 5.91 Å². The lowest BCUT2D eigenvalue weighted by Gasteiger charge is -2.19. The van der Waals surface area contributed by atoms with Crippen LogP contribution in [0.25, 0.3) is 0 Å². The molecule has 4 nitrogen and oxygen atoms in total. The predicted molar refractivity (Wildman–Crippen MR) is 73.2 cm³/mol. The summed E-state index contributed by atoms with van der Waals surface area (Å²) in [5.41, 5.74) is 1.09. The van der Waals surface area contributed by atoms with Gasteiger partial charge in [0.2, 0.25) is 5.91 Å². The van der Waals surface area contributed by atoms with Gasteiger partial charge in [0, 0.05) is 25.0 Å². The van der Waals surface area contributed by atoms with Crippen LogP contribution in [-0.2, 0) is 4.79 Å². The smallest absolute Gasteiger partial charge is 0.236 e. The second-order valence-electron chi connectivity index (χ2n) is 4.54. The summed E-state index contributed by atoms with van der Waals surface area (Å²) in [7, 11) is 0. The number of amides is 1. The van der Waals surface area contributed by atoms with Crippen LogP contribution in [0.2, 0.25) is 0 Å². The Hall–Kier alpha value is -1.42. The number of carbonyl (C=O) groups is 1. The fourth-order valence-electron chi connectivity index (χ4n) is 1.72. The van der Waals surface area contributed by atoms with Gasteiger partial charge < -0.3 is 5.32 Å². The third-order valence-electron chi connectivity index (χ3n) is 2.91. The molecule has 18 heavy (non-hydrogen) atoms. The summed E-state index contributed by atoms with van der Waals surface area (Å²) in [6, 6.07) is 3.83. The Morgan fingerprint density at radius 1 is 1.44 bits per heavy atom. The molecule has 2 N–H and O–H groups in total. The van der Waals surface area contributed by atoms with E-state index >= 15 is 0 Å². The maximum Gasteiger partial charge on any atom is 0.236 e. The van der Waals surface area contributed by atoms with Gasteiger partial charge in [-0.05, 0) is 31.9 Å². The summed E-state index contributed by atoms with van der Waals surface area (Å²) >= 11 is 0. The van der Waals surface area contributed by atoms with E-state index in [2.05, 4.69) is 22.5 Å². The molecule has 100 valence electrons. The molecule has 1 amide bonds. The zero-order valence-corrected chi connectivity index (χ0v) is 11.4. The Morgan fingerprint density at radius 2 is 2.22 bits per heavy atom. The highest BCUT2D eigenvalue weighted by atomic mass is 16.2. The van der Waals surface area contributed by atoms with Gasteiger partial charge in [-0.1, -0.05) is 19.4 Å². The molecular weight excluding hydrogens is 226 g/mol. The van der Waals surface area contributed by atoms with Gasteiger partial charge in [0.25, 0.3) is 0 Å². The second-order valence-corrected chi connectivity index (χ2v) is 4.54. The highest BCUT2D eigenvalue weighted by Gasteiger charge is 2.15. The van der Waals surface area contributed by atoms with E-state index in [1.807, 2.05) is 32.2 Å². The molecule has 1 rings (SSSR count). The van der Waals surface area contributed by atoms with Crippen molar-refractivity contribution in [2.45, 2.75) is 45.7 Å². The molecule has 0 spiro atoms. The van der Waals surface area contributed by atoms with Crippen LogP contribution in [0.3, 0.4) is 0 Å². The van der Waals surface area contributed by atoms with Crippen LogP contribution in [0.5, 0.6) is 0 Å². The molecule has 0 aliphatic rings. The largest absolute Gasteiger partial charge is 0.355 e. The number of hydrogen-bond acceptors (Lipinski definition) is 3. The molecule has 0 fully saturated rings. The van der Waals surface area contributed by atoms with E-state index in [1.54, 1.807) is 6.20 Å². The van der Waals surface area contributed by atoms with Gasteiger partial charge in [-0.15, -0.1) is 0 Å². The van der Waals surface area contributed by atoms with Gasteiger partial charge in [0.1, 0.15) is 0 Å². The van der Waals surface area contributed by atoms with Crippen LogP contribution < -0.4 is 10.6 Å². The van der Waals surface area contributed by atoms with E-state index in [0.29, 0.717) is 0 Å². The van der Waals surface area contributed by atoms with Crippen molar-refractivity contribution in [2.24, 2.45) is 0 Å². The maximum absolute atomic E-state index is 11.8. The molecular formula is C14H23N3O. The Labute approximate surface area is 109 Å². The fraction of sp³-hybridized carbons (Fsp3) is 0.571. The summed E-state index contributed by atoms with van der Waals surface area (Å²) < 4.78 is 0. The standard InChI is InChI=1S/C14H23N3O/c1-4-5-9-16-14(18)12(3)17-11(2)13-7-6-8-15-10-13/h6-8,10-12,17H,4-5,9H2,1-3H3,(H,16,18). The van der Waals surface area contributed by atoms with E-state index in [4.69, 9.17) is 0 Å². The Kier molecular flexibility index (Phi) is 6.36. The SMILES string of the molecule is CCCCNC(=O)C(C)NC(C)c1cccnc1. The third-order valence-corrected chi connectivity index (χ3v) is 2.91. The molecule has 0 saturated carbocycles. The van der Waals surface area contributed by atoms with Crippen LogP contribution in [0.15, 0.2) is 24.5 Å². The Bertz CT molecular complexity index is 353. The number of aromatic nitrogens is 1. The number of unbranched alkanes of at least 4 members (excludes halogenated alkanes) is 1. The first-order chi connectivity index (χ1) is 8.65. The third kappa shape index (κ3) is 4.84. The van der Waals surface area contributed by atoms with Crippen molar-refractivity contribution in [1.29, 1.82) is 0 Å². The summed E-state index contributed by atoms with van der Waals surface area (Å²) in [6.45, 7) is 6.78. The van der Waals surface area contributed by atoms with Crippen LogP contribution in [0.4, 0.5) is 0 Å². The van der Waals surface area contributed by atoms with E-state index in [-0.39, 0.29) is 18.0 Å². The van der Waals surface area contributed by atoms with E-state index in [0.717, 1.165) is 24.9 Å². The maximum atomic E-state index is 11.8. The van der Waals surface area contributed by atoms with Crippen LogP contribution >= 0.6 is 0 Å². The van der Waals surface area contributed by atoms with E-state index < -0.39 is 0 Å². The molecule has 1 aromatic rings. The lowest BCUT2D eigenvalue weighted by Crippen LogP contribution is -2.43. The minimum Gasteiger partial charge on any atom is -0.355 e. The highest BCUT2D eigenvalue weighted by molar-refractivity contribution is 5.81. The molecule has 0 bridgehead atoms. The lowest BCUT2D eigenvalue weighted by molar-refractivity contribution is -0.122. The number of nitrogens with one attached hydrogen (secondary N) is 2. The minimum atomic E-state index is -0.197. The highest BCUT2D eigenvalue weighted by Crippen LogP contribution is 2.10.